The molecule has 0 aliphatic rings. The van der Waals surface area contributed by atoms with E-state index >= 15 is 0 Å². The van der Waals surface area contributed by atoms with Crippen LogP contribution in [-0.4, -0.2) is 15.3 Å². The fourth-order valence-corrected chi connectivity index (χ4v) is 3.29. The zero-order valence-electron chi connectivity index (χ0n) is 13.0. The number of amides is 1. The van der Waals surface area contributed by atoms with Gasteiger partial charge < -0.3 is 5.32 Å². The molecule has 1 N–H and O–H groups in total. The number of carbonyl (C=O) groups is 1. The van der Waals surface area contributed by atoms with Crippen molar-refractivity contribution in [1.82, 2.24) is 9.38 Å². The molecule has 2 aromatic carbocycles. The zero-order chi connectivity index (χ0) is 18.3. The molecule has 0 fully saturated rings. The largest absolute Gasteiger partial charge is 0.306 e. The summed E-state index contributed by atoms with van der Waals surface area (Å²) in [5.41, 5.74) is 0.878. The second-order valence-electron chi connectivity index (χ2n) is 5.48. The third-order valence-electron chi connectivity index (χ3n) is 3.74. The van der Waals surface area contributed by atoms with E-state index in [0.717, 1.165) is 12.1 Å². The van der Waals surface area contributed by atoms with Crippen LogP contribution >= 0.6 is 11.3 Å². The third-order valence-corrected chi connectivity index (χ3v) is 4.49. The fourth-order valence-electron chi connectivity index (χ4n) is 2.58. The second-order valence-corrected chi connectivity index (χ2v) is 6.36. The van der Waals surface area contributed by atoms with Gasteiger partial charge in [-0.3, -0.25) is 9.20 Å². The van der Waals surface area contributed by atoms with Crippen LogP contribution in [0.2, 0.25) is 0 Å². The Morgan fingerprint density at radius 2 is 1.69 bits per heavy atom. The molecule has 4 aromatic rings. The van der Waals surface area contributed by atoms with Crippen molar-refractivity contribution in [1.29, 1.82) is 0 Å². The van der Waals surface area contributed by atoms with Gasteiger partial charge in [-0.25, -0.2) is 18.2 Å². The molecule has 2 heterocycles. The second kappa shape index (κ2) is 6.30. The van der Waals surface area contributed by atoms with E-state index in [1.165, 1.54) is 23.5 Å². The lowest BCUT2D eigenvalue weighted by Crippen LogP contribution is -2.14. The van der Waals surface area contributed by atoms with Crippen LogP contribution in [0.25, 0.3) is 16.2 Å². The van der Waals surface area contributed by atoms with Crippen molar-refractivity contribution >= 4 is 28.0 Å². The first-order chi connectivity index (χ1) is 12.5. The predicted molar refractivity (Wildman–Crippen MR) is 92.8 cm³/mol. The molecule has 4 rings (SSSR count). The summed E-state index contributed by atoms with van der Waals surface area (Å²) in [6.45, 7) is 0. The van der Waals surface area contributed by atoms with Crippen molar-refractivity contribution in [3.63, 3.8) is 0 Å². The molecule has 0 spiro atoms. The summed E-state index contributed by atoms with van der Waals surface area (Å²) in [7, 11) is 0. The number of benzene rings is 2. The van der Waals surface area contributed by atoms with Crippen LogP contribution < -0.4 is 5.32 Å². The van der Waals surface area contributed by atoms with Crippen molar-refractivity contribution in [2.45, 2.75) is 0 Å². The Morgan fingerprint density at radius 3 is 2.38 bits per heavy atom. The highest BCUT2D eigenvalue weighted by Crippen LogP contribution is 2.31. The Bertz CT molecular complexity index is 1100. The van der Waals surface area contributed by atoms with Crippen molar-refractivity contribution in [2.75, 3.05) is 5.32 Å². The fraction of sp³-hybridized carbons (Fsp3) is 0. The summed E-state index contributed by atoms with van der Waals surface area (Å²) < 4.78 is 41.6. The average Bonchev–Trinajstić information content (AvgIpc) is 3.17. The number of fused-ring (bicyclic) bond motifs is 1. The van der Waals surface area contributed by atoms with E-state index in [9.17, 15) is 18.0 Å². The monoisotopic (exact) mass is 373 g/mol. The van der Waals surface area contributed by atoms with Gasteiger partial charge in [0.1, 0.15) is 29.0 Å². The number of carbonyl (C=O) groups excluding carboxylic acids is 1. The molecule has 0 radical (unpaired) electrons. The number of nitrogens with one attached hydrogen (secondary N) is 1. The Hall–Kier alpha value is -3.13. The molecular formula is C18H10F3N3OS. The van der Waals surface area contributed by atoms with Crippen molar-refractivity contribution in [3.8, 4) is 11.3 Å². The summed E-state index contributed by atoms with van der Waals surface area (Å²) in [4.78, 5) is 17.5. The van der Waals surface area contributed by atoms with Crippen LogP contribution in [-0.2, 0) is 0 Å². The Morgan fingerprint density at radius 1 is 1.00 bits per heavy atom. The van der Waals surface area contributed by atoms with Crippen molar-refractivity contribution < 1.29 is 18.0 Å². The number of rotatable bonds is 3. The maximum atomic E-state index is 13.4. The molecule has 0 saturated carbocycles. The number of hydrogen-bond acceptors (Lipinski definition) is 3. The SMILES string of the molecule is O=C(Nc1c(-c2ccc(F)cc2)nc2sccn12)c1cc(F)cc(F)c1. The number of thiazole rings is 1. The van der Waals surface area contributed by atoms with Crippen molar-refractivity contribution in [2.24, 2.45) is 0 Å². The van der Waals surface area contributed by atoms with Crippen LogP contribution in [0.5, 0.6) is 0 Å². The highest BCUT2D eigenvalue weighted by molar-refractivity contribution is 7.15. The van der Waals surface area contributed by atoms with Crippen LogP contribution in [0, 0.1) is 17.5 Å². The van der Waals surface area contributed by atoms with Crippen LogP contribution in [0.3, 0.4) is 0 Å². The van der Waals surface area contributed by atoms with Gasteiger partial charge in [-0.05, 0) is 36.4 Å². The summed E-state index contributed by atoms with van der Waals surface area (Å²) in [6.07, 6.45) is 1.71. The van der Waals surface area contributed by atoms with E-state index in [4.69, 9.17) is 0 Å². The Kier molecular flexibility index (Phi) is 3.96. The summed E-state index contributed by atoms with van der Waals surface area (Å²) in [6, 6.07) is 8.24. The molecule has 0 unspecified atom stereocenters. The summed E-state index contributed by atoms with van der Waals surface area (Å²) in [5, 5.41) is 4.43. The predicted octanol–water partition coefficient (Wildman–Crippen LogP) is 4.73. The van der Waals surface area contributed by atoms with Gasteiger partial charge in [-0.15, -0.1) is 11.3 Å². The zero-order valence-corrected chi connectivity index (χ0v) is 13.9. The van der Waals surface area contributed by atoms with Gasteiger partial charge in [0.15, 0.2) is 4.96 Å². The highest BCUT2D eigenvalue weighted by Gasteiger charge is 2.19. The van der Waals surface area contributed by atoms with Gasteiger partial charge in [-0.2, -0.15) is 0 Å². The first kappa shape index (κ1) is 16.3. The Labute approximate surface area is 149 Å². The lowest BCUT2D eigenvalue weighted by molar-refractivity contribution is 0.102. The minimum absolute atomic E-state index is 0.155. The number of anilines is 1. The molecule has 0 aliphatic heterocycles. The standard InChI is InChI=1S/C18H10F3N3OS/c19-12-3-1-10(2-4-12)15-16(24-5-6-26-18(24)22-15)23-17(25)11-7-13(20)9-14(21)8-11/h1-9H,(H,23,25). The lowest BCUT2D eigenvalue weighted by Gasteiger charge is -2.08. The summed E-state index contributed by atoms with van der Waals surface area (Å²) in [5.74, 6) is -2.43. The summed E-state index contributed by atoms with van der Waals surface area (Å²) >= 11 is 1.35. The number of halogens is 3. The van der Waals surface area contributed by atoms with E-state index in [0.29, 0.717) is 28.1 Å². The number of aromatic nitrogens is 2. The minimum atomic E-state index is -0.845. The molecule has 130 valence electrons. The van der Waals surface area contributed by atoms with E-state index in [1.807, 2.05) is 0 Å². The van der Waals surface area contributed by atoms with Gasteiger partial charge >= 0.3 is 0 Å². The van der Waals surface area contributed by atoms with Crippen LogP contribution in [0.1, 0.15) is 10.4 Å². The average molecular weight is 373 g/mol. The topological polar surface area (TPSA) is 46.4 Å². The van der Waals surface area contributed by atoms with Crippen LogP contribution in [0.4, 0.5) is 19.0 Å². The number of imidazole rings is 1. The van der Waals surface area contributed by atoms with Gasteiger partial charge in [0, 0.05) is 28.8 Å². The quantitative estimate of drug-likeness (QED) is 0.564. The van der Waals surface area contributed by atoms with Crippen LogP contribution in [0.15, 0.2) is 54.0 Å². The van der Waals surface area contributed by atoms with Gasteiger partial charge in [-0.1, -0.05) is 0 Å². The molecule has 26 heavy (non-hydrogen) atoms. The number of nitrogens with zero attached hydrogens (tertiary/aromatic N) is 2. The smallest absolute Gasteiger partial charge is 0.257 e. The molecule has 8 heteroatoms. The molecular weight excluding hydrogens is 363 g/mol. The lowest BCUT2D eigenvalue weighted by atomic mass is 10.1. The first-order valence-electron chi connectivity index (χ1n) is 7.50. The maximum Gasteiger partial charge on any atom is 0.257 e. The van der Waals surface area contributed by atoms with E-state index in [-0.39, 0.29) is 5.56 Å². The molecule has 1 amide bonds. The van der Waals surface area contributed by atoms with E-state index in [1.54, 1.807) is 28.1 Å². The normalized spacial score (nSPS) is 11.0. The number of hydrogen-bond donors (Lipinski definition) is 1. The van der Waals surface area contributed by atoms with Gasteiger partial charge in [0.2, 0.25) is 0 Å². The molecule has 0 aliphatic carbocycles. The molecule has 0 bridgehead atoms. The third kappa shape index (κ3) is 2.95. The first-order valence-corrected chi connectivity index (χ1v) is 8.38. The molecule has 0 atom stereocenters. The van der Waals surface area contributed by atoms with Gasteiger partial charge in [0.05, 0.1) is 0 Å². The van der Waals surface area contributed by atoms with E-state index in [2.05, 4.69) is 10.3 Å². The minimum Gasteiger partial charge on any atom is -0.306 e. The highest BCUT2D eigenvalue weighted by atomic mass is 32.1. The molecule has 0 saturated heterocycles. The molecule has 4 nitrogen and oxygen atoms in total. The van der Waals surface area contributed by atoms with Gasteiger partial charge in [0.25, 0.3) is 5.91 Å². The van der Waals surface area contributed by atoms with E-state index < -0.39 is 23.4 Å². The Balaban J connectivity index is 1.77. The molecule has 2 aromatic heterocycles. The van der Waals surface area contributed by atoms with Crippen molar-refractivity contribution in [3.05, 3.63) is 77.1 Å². The maximum absolute atomic E-state index is 13.4.